The van der Waals surface area contributed by atoms with E-state index >= 15 is 0 Å². The highest BCUT2D eigenvalue weighted by molar-refractivity contribution is 5.79. The minimum absolute atomic E-state index is 0.129. The lowest BCUT2D eigenvalue weighted by Crippen LogP contribution is -2.36. The number of carbonyl (C=O) groups excluding carboxylic acids is 1. The molecule has 3 N–H and O–H groups in total. The Balaban J connectivity index is 1.74. The van der Waals surface area contributed by atoms with E-state index in [1.54, 1.807) is 4.68 Å². The summed E-state index contributed by atoms with van der Waals surface area (Å²) < 4.78 is 1.78. The van der Waals surface area contributed by atoms with E-state index in [1.165, 1.54) is 0 Å². The third-order valence-corrected chi connectivity index (χ3v) is 3.77. The van der Waals surface area contributed by atoms with E-state index in [-0.39, 0.29) is 11.8 Å². The number of rotatable bonds is 5. The minimum Gasteiger partial charge on any atom is -0.356 e. The fourth-order valence-corrected chi connectivity index (χ4v) is 2.73. The number of amides is 1. The molecule has 1 aromatic heterocycles. The number of aryl methyl sites for hydroxylation is 1. The molecular formula is C13H22N4O. The summed E-state index contributed by atoms with van der Waals surface area (Å²) in [6.07, 6.45) is 7.86. The van der Waals surface area contributed by atoms with Gasteiger partial charge in [-0.1, -0.05) is 6.42 Å². The Hall–Kier alpha value is -1.36. The Kier molecular flexibility index (Phi) is 4.36. The van der Waals surface area contributed by atoms with Crippen LogP contribution in [-0.4, -0.2) is 28.8 Å². The van der Waals surface area contributed by atoms with Gasteiger partial charge in [-0.2, -0.15) is 5.10 Å². The highest BCUT2D eigenvalue weighted by Crippen LogP contribution is 2.30. The predicted octanol–water partition coefficient (Wildman–Crippen LogP) is 0.454. The van der Waals surface area contributed by atoms with Gasteiger partial charge in [0.25, 0.3) is 0 Å². The fraction of sp³-hybridized carbons (Fsp3) is 0.692. The molecular weight excluding hydrogens is 228 g/mol. The van der Waals surface area contributed by atoms with Crippen molar-refractivity contribution in [1.29, 1.82) is 0 Å². The monoisotopic (exact) mass is 250 g/mol. The smallest absolute Gasteiger partial charge is 0.223 e. The molecule has 5 nitrogen and oxygen atoms in total. The number of nitrogens with two attached hydrogens (primary N) is 1. The van der Waals surface area contributed by atoms with Crippen LogP contribution >= 0.6 is 0 Å². The van der Waals surface area contributed by atoms with Crippen molar-refractivity contribution in [2.24, 2.45) is 24.6 Å². The third-order valence-electron chi connectivity index (χ3n) is 3.77. The lowest BCUT2D eigenvalue weighted by molar-refractivity contribution is -0.125. The minimum atomic E-state index is 0.129. The van der Waals surface area contributed by atoms with Gasteiger partial charge in [0, 0.05) is 25.7 Å². The van der Waals surface area contributed by atoms with E-state index in [9.17, 15) is 4.79 Å². The van der Waals surface area contributed by atoms with E-state index in [2.05, 4.69) is 10.4 Å². The lowest BCUT2D eigenvalue weighted by Gasteiger charge is -2.17. The number of aromatic nitrogens is 2. The summed E-state index contributed by atoms with van der Waals surface area (Å²) in [6.45, 7) is 1.30. The zero-order valence-electron chi connectivity index (χ0n) is 10.9. The molecule has 1 fully saturated rings. The van der Waals surface area contributed by atoms with Crippen LogP contribution in [0, 0.1) is 11.8 Å². The Morgan fingerprint density at radius 2 is 2.44 bits per heavy atom. The maximum atomic E-state index is 12.0. The first-order valence-corrected chi connectivity index (χ1v) is 6.66. The Morgan fingerprint density at radius 1 is 1.61 bits per heavy atom. The van der Waals surface area contributed by atoms with E-state index in [1.807, 2.05) is 19.4 Å². The quantitative estimate of drug-likeness (QED) is 0.797. The molecule has 1 aliphatic rings. The zero-order valence-corrected chi connectivity index (χ0v) is 10.9. The normalized spacial score (nSPS) is 23.2. The topological polar surface area (TPSA) is 72.9 Å². The standard InChI is InChI=1S/C13H22N4O/c1-17-9-10(8-16-17)5-6-15-13(18)12-4-2-3-11(12)7-14/h8-9,11-12H,2-7,14H2,1H3,(H,15,18)/t11-,12-/m1/s1. The molecule has 18 heavy (non-hydrogen) atoms. The van der Waals surface area contributed by atoms with Crippen molar-refractivity contribution in [3.05, 3.63) is 18.0 Å². The molecule has 0 spiro atoms. The van der Waals surface area contributed by atoms with Gasteiger partial charge < -0.3 is 11.1 Å². The van der Waals surface area contributed by atoms with Crippen LogP contribution in [0.25, 0.3) is 0 Å². The van der Waals surface area contributed by atoms with Crippen LogP contribution in [0.2, 0.25) is 0 Å². The van der Waals surface area contributed by atoms with Crippen LogP contribution in [0.15, 0.2) is 12.4 Å². The molecule has 2 rings (SSSR count). The van der Waals surface area contributed by atoms with Gasteiger partial charge in [0.15, 0.2) is 0 Å². The average molecular weight is 250 g/mol. The molecule has 0 radical (unpaired) electrons. The Bertz CT molecular complexity index is 401. The van der Waals surface area contributed by atoms with Crippen molar-refractivity contribution in [3.8, 4) is 0 Å². The lowest BCUT2D eigenvalue weighted by atomic mass is 9.95. The zero-order chi connectivity index (χ0) is 13.0. The molecule has 0 bridgehead atoms. The first kappa shape index (κ1) is 13.1. The van der Waals surface area contributed by atoms with Crippen molar-refractivity contribution in [1.82, 2.24) is 15.1 Å². The van der Waals surface area contributed by atoms with Crippen LogP contribution in [0.4, 0.5) is 0 Å². The first-order chi connectivity index (χ1) is 8.70. The van der Waals surface area contributed by atoms with Crippen molar-refractivity contribution in [2.45, 2.75) is 25.7 Å². The summed E-state index contributed by atoms with van der Waals surface area (Å²) in [5.74, 6) is 0.680. The summed E-state index contributed by atoms with van der Waals surface area (Å²) >= 11 is 0. The van der Waals surface area contributed by atoms with Crippen molar-refractivity contribution >= 4 is 5.91 Å². The first-order valence-electron chi connectivity index (χ1n) is 6.66. The van der Waals surface area contributed by atoms with E-state index in [0.717, 1.165) is 31.2 Å². The maximum absolute atomic E-state index is 12.0. The van der Waals surface area contributed by atoms with Gasteiger partial charge in [-0.3, -0.25) is 9.48 Å². The van der Waals surface area contributed by atoms with E-state index in [4.69, 9.17) is 5.73 Å². The van der Waals surface area contributed by atoms with E-state index < -0.39 is 0 Å². The van der Waals surface area contributed by atoms with Crippen LogP contribution < -0.4 is 11.1 Å². The van der Waals surface area contributed by atoms with Crippen molar-refractivity contribution in [2.75, 3.05) is 13.1 Å². The van der Waals surface area contributed by atoms with Crippen LogP contribution in [-0.2, 0) is 18.3 Å². The summed E-state index contributed by atoms with van der Waals surface area (Å²) in [5, 5.41) is 7.12. The summed E-state index contributed by atoms with van der Waals surface area (Å²) in [6, 6.07) is 0. The molecule has 1 aliphatic carbocycles. The highest BCUT2D eigenvalue weighted by atomic mass is 16.1. The third kappa shape index (κ3) is 3.10. The summed E-state index contributed by atoms with van der Waals surface area (Å²) in [4.78, 5) is 12.0. The number of nitrogens with one attached hydrogen (secondary N) is 1. The number of hydrogen-bond acceptors (Lipinski definition) is 3. The van der Waals surface area contributed by atoms with Crippen LogP contribution in [0.5, 0.6) is 0 Å². The van der Waals surface area contributed by atoms with Crippen molar-refractivity contribution < 1.29 is 4.79 Å². The second-order valence-electron chi connectivity index (χ2n) is 5.10. The molecule has 0 aromatic carbocycles. The molecule has 5 heteroatoms. The molecule has 1 amide bonds. The number of nitrogens with zero attached hydrogens (tertiary/aromatic N) is 2. The van der Waals surface area contributed by atoms with Gasteiger partial charge in [0.2, 0.25) is 5.91 Å². The second kappa shape index (κ2) is 6.00. The molecule has 0 saturated heterocycles. The molecule has 0 unspecified atom stereocenters. The predicted molar refractivity (Wildman–Crippen MR) is 69.8 cm³/mol. The Morgan fingerprint density at radius 3 is 3.11 bits per heavy atom. The van der Waals surface area contributed by atoms with E-state index in [0.29, 0.717) is 19.0 Å². The van der Waals surface area contributed by atoms with Crippen LogP contribution in [0.3, 0.4) is 0 Å². The molecule has 1 aromatic rings. The van der Waals surface area contributed by atoms with Crippen LogP contribution in [0.1, 0.15) is 24.8 Å². The highest BCUT2D eigenvalue weighted by Gasteiger charge is 2.31. The van der Waals surface area contributed by atoms with Gasteiger partial charge in [-0.15, -0.1) is 0 Å². The molecule has 100 valence electrons. The summed E-state index contributed by atoms with van der Waals surface area (Å²) in [7, 11) is 1.90. The molecule has 1 saturated carbocycles. The molecule has 0 aliphatic heterocycles. The maximum Gasteiger partial charge on any atom is 0.223 e. The number of hydrogen-bond donors (Lipinski definition) is 2. The Labute approximate surface area is 108 Å². The molecule has 2 atom stereocenters. The summed E-state index contributed by atoms with van der Waals surface area (Å²) in [5.41, 5.74) is 6.85. The second-order valence-corrected chi connectivity index (χ2v) is 5.10. The van der Waals surface area contributed by atoms with Gasteiger partial charge in [0.05, 0.1) is 6.20 Å². The molecule has 1 heterocycles. The number of carbonyl (C=O) groups is 1. The van der Waals surface area contributed by atoms with Gasteiger partial charge >= 0.3 is 0 Å². The van der Waals surface area contributed by atoms with Gasteiger partial charge in [-0.05, 0) is 37.3 Å². The van der Waals surface area contributed by atoms with Gasteiger partial charge in [0.1, 0.15) is 0 Å². The SMILES string of the molecule is Cn1cc(CCNC(=O)[C@@H]2CCC[C@@H]2CN)cn1. The van der Waals surface area contributed by atoms with Gasteiger partial charge in [-0.25, -0.2) is 0 Å². The van der Waals surface area contributed by atoms with Crippen molar-refractivity contribution in [3.63, 3.8) is 0 Å². The fourth-order valence-electron chi connectivity index (χ4n) is 2.73. The largest absolute Gasteiger partial charge is 0.356 e. The average Bonchev–Trinajstić information content (AvgIpc) is 2.97.